The lowest BCUT2D eigenvalue weighted by Gasteiger charge is -2.36. The first-order chi connectivity index (χ1) is 8.39. The van der Waals surface area contributed by atoms with E-state index in [2.05, 4.69) is 38.9 Å². The van der Waals surface area contributed by atoms with Gasteiger partial charge in [0.05, 0.1) is 12.6 Å². The highest BCUT2D eigenvalue weighted by Gasteiger charge is 2.37. The molecule has 0 heterocycles. The standard InChI is InChI=1S/C13H26F3NOSi/c1-7-8-11(17-10-13(14,15)16)9-18-19(5,6)12(2,3)4/h10-11H,7-9H2,1-6H3/b17-10-/t11-/m0/s1. The molecule has 0 aliphatic rings. The number of alkyl halides is 3. The van der Waals surface area contributed by atoms with Crippen molar-refractivity contribution in [3.8, 4) is 0 Å². The van der Waals surface area contributed by atoms with Gasteiger partial charge >= 0.3 is 6.18 Å². The zero-order valence-electron chi connectivity index (χ0n) is 12.8. The Morgan fingerprint density at radius 2 is 1.74 bits per heavy atom. The van der Waals surface area contributed by atoms with Crippen molar-refractivity contribution in [2.24, 2.45) is 4.99 Å². The molecule has 0 fully saturated rings. The highest BCUT2D eigenvalue weighted by atomic mass is 28.4. The molecule has 0 radical (unpaired) electrons. The van der Waals surface area contributed by atoms with Crippen molar-refractivity contribution in [2.75, 3.05) is 6.61 Å². The van der Waals surface area contributed by atoms with Crippen LogP contribution < -0.4 is 0 Å². The molecular weight excluding hydrogens is 271 g/mol. The Labute approximate surface area is 115 Å². The molecule has 0 N–H and O–H groups in total. The van der Waals surface area contributed by atoms with Crippen LogP contribution in [0, 0.1) is 0 Å². The van der Waals surface area contributed by atoms with Gasteiger partial charge in [0.15, 0.2) is 8.32 Å². The van der Waals surface area contributed by atoms with Crippen LogP contribution in [0.1, 0.15) is 40.5 Å². The molecule has 114 valence electrons. The lowest BCUT2D eigenvalue weighted by Crippen LogP contribution is -2.42. The molecule has 0 aliphatic heterocycles. The van der Waals surface area contributed by atoms with E-state index in [-0.39, 0.29) is 17.9 Å². The molecule has 0 saturated heterocycles. The van der Waals surface area contributed by atoms with Crippen molar-refractivity contribution in [2.45, 2.75) is 70.9 Å². The van der Waals surface area contributed by atoms with Gasteiger partial charge in [-0.1, -0.05) is 34.1 Å². The molecule has 0 bridgehead atoms. The maximum absolute atomic E-state index is 12.1. The molecule has 6 heteroatoms. The van der Waals surface area contributed by atoms with Gasteiger partial charge in [-0.15, -0.1) is 0 Å². The predicted molar refractivity (Wildman–Crippen MR) is 76.4 cm³/mol. The normalized spacial score (nSPS) is 16.1. The van der Waals surface area contributed by atoms with Crippen LogP contribution in [0.4, 0.5) is 13.2 Å². The van der Waals surface area contributed by atoms with Gasteiger partial charge in [-0.05, 0) is 24.6 Å². The molecule has 0 rings (SSSR count). The molecular formula is C13H26F3NOSi. The smallest absolute Gasteiger partial charge is 0.415 e. The second-order valence-corrected chi connectivity index (χ2v) is 11.1. The van der Waals surface area contributed by atoms with Crippen LogP contribution >= 0.6 is 0 Å². The number of hydrogen-bond donors (Lipinski definition) is 0. The van der Waals surface area contributed by atoms with E-state index in [1.165, 1.54) is 0 Å². The molecule has 0 spiro atoms. The van der Waals surface area contributed by atoms with Crippen molar-refractivity contribution in [1.29, 1.82) is 0 Å². The summed E-state index contributed by atoms with van der Waals surface area (Å²) >= 11 is 0. The number of halogens is 3. The van der Waals surface area contributed by atoms with Crippen LogP contribution in [0.2, 0.25) is 18.1 Å². The van der Waals surface area contributed by atoms with E-state index < -0.39 is 20.5 Å². The van der Waals surface area contributed by atoms with Gasteiger partial charge < -0.3 is 4.43 Å². The first-order valence-corrected chi connectivity index (χ1v) is 9.55. The SMILES string of the molecule is CCC[C@@H](CO[Si](C)(C)C(C)(C)C)/N=C\C(F)(F)F. The number of nitrogens with zero attached hydrogens (tertiary/aromatic N) is 1. The zero-order valence-corrected chi connectivity index (χ0v) is 13.8. The predicted octanol–water partition coefficient (Wildman–Crippen LogP) is 4.81. The minimum Gasteiger partial charge on any atom is -0.415 e. The Kier molecular flexibility index (Phi) is 6.75. The maximum Gasteiger partial charge on any atom is 0.426 e. The topological polar surface area (TPSA) is 21.6 Å². The second-order valence-electron chi connectivity index (χ2n) is 6.33. The van der Waals surface area contributed by atoms with E-state index in [9.17, 15) is 13.2 Å². The third-order valence-corrected chi connectivity index (χ3v) is 8.00. The van der Waals surface area contributed by atoms with E-state index in [0.29, 0.717) is 6.42 Å². The van der Waals surface area contributed by atoms with Gasteiger partial charge in [0.1, 0.15) is 6.21 Å². The van der Waals surface area contributed by atoms with Crippen molar-refractivity contribution < 1.29 is 17.6 Å². The van der Waals surface area contributed by atoms with E-state index in [1.54, 1.807) is 0 Å². The summed E-state index contributed by atoms with van der Waals surface area (Å²) in [5.74, 6) is 0. The molecule has 0 aromatic rings. The number of rotatable bonds is 6. The fourth-order valence-electron chi connectivity index (χ4n) is 1.25. The largest absolute Gasteiger partial charge is 0.426 e. The van der Waals surface area contributed by atoms with Crippen LogP contribution in [0.25, 0.3) is 0 Å². The van der Waals surface area contributed by atoms with E-state index in [1.807, 2.05) is 6.92 Å². The fourth-order valence-corrected chi connectivity index (χ4v) is 2.29. The Morgan fingerprint density at radius 1 is 1.21 bits per heavy atom. The summed E-state index contributed by atoms with van der Waals surface area (Å²) in [5, 5.41) is 0.0531. The molecule has 0 unspecified atom stereocenters. The van der Waals surface area contributed by atoms with Crippen LogP contribution in [0.5, 0.6) is 0 Å². The van der Waals surface area contributed by atoms with E-state index in [0.717, 1.165) is 6.42 Å². The summed E-state index contributed by atoms with van der Waals surface area (Å²) in [4.78, 5) is 3.62. The van der Waals surface area contributed by atoms with Crippen LogP contribution in [0.15, 0.2) is 4.99 Å². The average Bonchev–Trinajstić information content (AvgIpc) is 2.19. The minimum absolute atomic E-state index is 0.0531. The van der Waals surface area contributed by atoms with E-state index in [4.69, 9.17) is 4.43 Å². The van der Waals surface area contributed by atoms with E-state index >= 15 is 0 Å². The van der Waals surface area contributed by atoms with Gasteiger partial charge in [-0.3, -0.25) is 4.99 Å². The van der Waals surface area contributed by atoms with Crippen LogP contribution in [0.3, 0.4) is 0 Å². The van der Waals surface area contributed by atoms with Crippen LogP contribution in [-0.2, 0) is 4.43 Å². The Hall–Kier alpha value is -0.363. The summed E-state index contributed by atoms with van der Waals surface area (Å²) in [5.41, 5.74) is 0. The quantitative estimate of drug-likeness (QED) is 0.509. The first-order valence-electron chi connectivity index (χ1n) is 6.64. The molecule has 0 amide bonds. The van der Waals surface area contributed by atoms with Gasteiger partial charge in [0.25, 0.3) is 0 Å². The van der Waals surface area contributed by atoms with Crippen LogP contribution in [-0.4, -0.2) is 33.4 Å². The molecule has 2 nitrogen and oxygen atoms in total. The van der Waals surface area contributed by atoms with Crippen molar-refractivity contribution in [3.63, 3.8) is 0 Å². The average molecular weight is 297 g/mol. The van der Waals surface area contributed by atoms with Crippen molar-refractivity contribution in [1.82, 2.24) is 0 Å². The Balaban J connectivity index is 4.58. The molecule has 1 atom stereocenters. The Bertz CT molecular complexity index is 295. The summed E-state index contributed by atoms with van der Waals surface area (Å²) in [6, 6.07) is -0.402. The molecule has 0 aromatic carbocycles. The summed E-state index contributed by atoms with van der Waals surface area (Å²) in [6.45, 7) is 12.7. The summed E-state index contributed by atoms with van der Waals surface area (Å²) < 4.78 is 42.3. The molecule has 19 heavy (non-hydrogen) atoms. The Morgan fingerprint density at radius 3 is 2.11 bits per heavy atom. The van der Waals surface area contributed by atoms with Gasteiger partial charge in [-0.2, -0.15) is 13.2 Å². The third-order valence-electron chi connectivity index (χ3n) is 3.50. The molecule has 0 aliphatic carbocycles. The lowest BCUT2D eigenvalue weighted by molar-refractivity contribution is -0.0539. The lowest BCUT2D eigenvalue weighted by atomic mass is 10.2. The highest BCUT2D eigenvalue weighted by molar-refractivity contribution is 6.74. The number of hydrogen-bond acceptors (Lipinski definition) is 2. The summed E-state index contributed by atoms with van der Waals surface area (Å²) in [6.07, 6.45) is -2.85. The van der Waals surface area contributed by atoms with Gasteiger partial charge in [0.2, 0.25) is 0 Å². The second kappa shape index (κ2) is 6.88. The molecule has 0 aromatic heterocycles. The zero-order chi connectivity index (χ0) is 15.3. The fraction of sp³-hybridized carbons (Fsp3) is 0.923. The maximum atomic E-state index is 12.1. The van der Waals surface area contributed by atoms with Crippen molar-refractivity contribution in [3.05, 3.63) is 0 Å². The summed E-state index contributed by atoms with van der Waals surface area (Å²) in [7, 11) is -1.93. The van der Waals surface area contributed by atoms with Gasteiger partial charge in [-0.25, -0.2) is 0 Å². The highest BCUT2D eigenvalue weighted by Crippen LogP contribution is 2.36. The minimum atomic E-state index is -4.34. The van der Waals surface area contributed by atoms with Crippen molar-refractivity contribution >= 4 is 14.5 Å². The van der Waals surface area contributed by atoms with Gasteiger partial charge in [0, 0.05) is 0 Å². The monoisotopic (exact) mass is 297 g/mol. The number of aliphatic imine (C=N–C) groups is 1. The first kappa shape index (κ1) is 18.6. The third kappa shape index (κ3) is 7.72. The molecule has 0 saturated carbocycles.